The third kappa shape index (κ3) is 3.95. The smallest absolute Gasteiger partial charge is 0.257 e. The van der Waals surface area contributed by atoms with Crippen molar-refractivity contribution in [3.05, 3.63) is 64.3 Å². The summed E-state index contributed by atoms with van der Waals surface area (Å²) in [6, 6.07) is 13.7. The molecule has 0 saturated carbocycles. The number of aromatic nitrogens is 2. The van der Waals surface area contributed by atoms with Gasteiger partial charge >= 0.3 is 0 Å². The average Bonchev–Trinajstić information content (AvgIpc) is 3.08. The van der Waals surface area contributed by atoms with Crippen LogP contribution in [0.5, 0.6) is 0 Å². The number of rotatable bonds is 3. The second-order valence-corrected chi connectivity index (χ2v) is 8.62. The zero-order chi connectivity index (χ0) is 20.5. The Bertz CT molecular complexity index is 1110. The summed E-state index contributed by atoms with van der Waals surface area (Å²) in [7, 11) is 0. The average molecular weight is 391 g/mol. The van der Waals surface area contributed by atoms with Crippen molar-refractivity contribution < 1.29 is 4.79 Å². The normalized spacial score (nSPS) is 12.4. The van der Waals surface area contributed by atoms with Gasteiger partial charge in [-0.3, -0.25) is 4.79 Å². The second-order valence-electron chi connectivity index (χ2n) is 7.87. The summed E-state index contributed by atoms with van der Waals surface area (Å²) in [5.74, 6) is -0.265. The van der Waals surface area contributed by atoms with Crippen molar-refractivity contribution in [2.24, 2.45) is 5.41 Å². The third-order valence-electron chi connectivity index (χ3n) is 4.38. The van der Waals surface area contributed by atoms with Gasteiger partial charge in [0.2, 0.25) is 0 Å². The maximum atomic E-state index is 13.1. The Kier molecular flexibility index (Phi) is 5.30. The van der Waals surface area contributed by atoms with Crippen LogP contribution in [-0.2, 0) is 0 Å². The molecule has 0 unspecified atom stereocenters. The molecule has 0 aliphatic rings. The van der Waals surface area contributed by atoms with Crippen LogP contribution in [0.1, 0.15) is 47.8 Å². The highest BCUT2D eigenvalue weighted by Crippen LogP contribution is 2.32. The fourth-order valence-corrected chi connectivity index (χ4v) is 3.85. The predicted molar refractivity (Wildman–Crippen MR) is 113 cm³/mol. The minimum absolute atomic E-state index is 0.265. The van der Waals surface area contributed by atoms with E-state index in [0.717, 1.165) is 21.4 Å². The van der Waals surface area contributed by atoms with Crippen molar-refractivity contribution in [2.75, 3.05) is 0 Å². The first-order chi connectivity index (χ1) is 13.2. The molecule has 0 fully saturated rings. The van der Waals surface area contributed by atoms with E-state index >= 15 is 0 Å². The third-order valence-corrected chi connectivity index (χ3v) is 5.16. The predicted octanol–water partition coefficient (Wildman–Crippen LogP) is 5.02. The Morgan fingerprint density at radius 2 is 1.82 bits per heavy atom. The minimum Gasteiger partial charge on any atom is -0.324 e. The van der Waals surface area contributed by atoms with Gasteiger partial charge in [0, 0.05) is 11.1 Å². The Morgan fingerprint density at radius 3 is 2.43 bits per heavy atom. The summed E-state index contributed by atoms with van der Waals surface area (Å²) in [5, 5.41) is 17.0. The molecule has 0 aliphatic carbocycles. The molecule has 0 aliphatic heterocycles. The molecule has 28 heavy (non-hydrogen) atoms. The topological polar surface area (TPSA) is 78.7 Å². The van der Waals surface area contributed by atoms with Crippen LogP contribution in [-0.4, -0.2) is 15.5 Å². The minimum atomic E-state index is -0.432. The molecular formula is C22H22N4OS. The second kappa shape index (κ2) is 7.53. The van der Waals surface area contributed by atoms with Gasteiger partial charge in [-0.05, 0) is 43.1 Å². The van der Waals surface area contributed by atoms with Gasteiger partial charge < -0.3 is 5.32 Å². The number of carbonyl (C=O) groups excluding carboxylic acids is 1. The van der Waals surface area contributed by atoms with Crippen molar-refractivity contribution in [2.45, 2.75) is 34.6 Å². The lowest BCUT2D eigenvalue weighted by atomic mass is 9.86. The highest BCUT2D eigenvalue weighted by Gasteiger charge is 2.26. The molecule has 142 valence electrons. The fraction of sp³-hybridized carbons (Fsp3) is 0.273. The van der Waals surface area contributed by atoms with Crippen LogP contribution in [0.3, 0.4) is 0 Å². The Morgan fingerprint density at radius 1 is 1.14 bits per heavy atom. The number of aryl methyl sites for hydroxylation is 2. The first-order valence-corrected chi connectivity index (χ1v) is 9.74. The zero-order valence-electron chi connectivity index (χ0n) is 16.6. The maximum Gasteiger partial charge on any atom is 0.257 e. The van der Waals surface area contributed by atoms with Crippen LogP contribution in [0.4, 0.5) is 0 Å². The van der Waals surface area contributed by atoms with Crippen LogP contribution in [0.2, 0.25) is 0 Å². The van der Waals surface area contributed by atoms with Crippen molar-refractivity contribution >= 4 is 33.2 Å². The monoisotopic (exact) mass is 390 g/mol. The molecule has 6 heteroatoms. The van der Waals surface area contributed by atoms with E-state index < -0.39 is 5.41 Å². The van der Waals surface area contributed by atoms with E-state index in [1.807, 2.05) is 52.8 Å². The summed E-state index contributed by atoms with van der Waals surface area (Å²) in [5.41, 5.74) is 4.79. The van der Waals surface area contributed by atoms with Gasteiger partial charge in [-0.1, -0.05) is 60.7 Å². The van der Waals surface area contributed by atoms with Gasteiger partial charge in [0.1, 0.15) is 11.6 Å². The Hall–Kier alpha value is -3.04. The molecule has 1 aromatic heterocycles. The summed E-state index contributed by atoms with van der Waals surface area (Å²) >= 11 is 1.19. The van der Waals surface area contributed by atoms with E-state index in [1.165, 1.54) is 11.5 Å². The summed E-state index contributed by atoms with van der Waals surface area (Å²) in [6.45, 7) is 9.95. The first kappa shape index (κ1) is 19.7. The number of allylic oxidation sites excluding steroid dienone is 2. The number of benzene rings is 2. The number of amides is 1. The van der Waals surface area contributed by atoms with Crippen LogP contribution in [0.25, 0.3) is 15.8 Å². The largest absolute Gasteiger partial charge is 0.324 e. The molecule has 5 nitrogen and oxygen atoms in total. The van der Waals surface area contributed by atoms with Crippen LogP contribution < -0.4 is 5.32 Å². The zero-order valence-corrected chi connectivity index (χ0v) is 17.4. The summed E-state index contributed by atoms with van der Waals surface area (Å²) < 4.78 is 4.67. The van der Waals surface area contributed by atoms with Crippen LogP contribution in [0, 0.1) is 30.6 Å². The molecule has 0 atom stereocenters. The maximum absolute atomic E-state index is 13.1. The van der Waals surface area contributed by atoms with E-state index in [9.17, 15) is 10.1 Å². The van der Waals surface area contributed by atoms with Crippen LogP contribution >= 0.6 is 11.5 Å². The fourth-order valence-electron chi connectivity index (χ4n) is 3.17. The molecule has 1 amide bonds. The number of nitrogens with zero attached hydrogens (tertiary/aromatic N) is 3. The van der Waals surface area contributed by atoms with Gasteiger partial charge in [-0.25, -0.2) is 0 Å². The Balaban J connectivity index is 2.12. The van der Waals surface area contributed by atoms with Crippen molar-refractivity contribution in [3.8, 4) is 6.07 Å². The summed E-state index contributed by atoms with van der Waals surface area (Å²) in [6.07, 6.45) is 0. The van der Waals surface area contributed by atoms with Gasteiger partial charge in [0.15, 0.2) is 0 Å². The quantitative estimate of drug-likeness (QED) is 0.637. The molecule has 2 aromatic carbocycles. The number of nitriles is 1. The van der Waals surface area contributed by atoms with Crippen molar-refractivity contribution in [1.82, 2.24) is 14.9 Å². The van der Waals surface area contributed by atoms with E-state index in [-0.39, 0.29) is 5.91 Å². The molecule has 1 heterocycles. The highest BCUT2D eigenvalue weighted by molar-refractivity contribution is 7.13. The van der Waals surface area contributed by atoms with Gasteiger partial charge in [-0.15, -0.1) is 5.10 Å². The summed E-state index contributed by atoms with van der Waals surface area (Å²) in [4.78, 5) is 13.1. The van der Waals surface area contributed by atoms with Gasteiger partial charge in [0.05, 0.1) is 15.8 Å². The first-order valence-electron chi connectivity index (χ1n) is 8.96. The van der Waals surface area contributed by atoms with Crippen molar-refractivity contribution in [1.29, 1.82) is 5.26 Å². The molecule has 1 N–H and O–H groups in total. The lowest BCUT2D eigenvalue weighted by molar-refractivity contribution is 0.0960. The SMILES string of the molecule is Cc1cc(C)cc(C(C#N)=C(NC(=O)c2cccc3nnsc23)C(C)(C)C)c1. The highest BCUT2D eigenvalue weighted by atomic mass is 32.1. The van der Waals surface area contributed by atoms with Crippen LogP contribution in [0.15, 0.2) is 42.1 Å². The number of fused-ring (bicyclic) bond motifs is 1. The lowest BCUT2D eigenvalue weighted by Crippen LogP contribution is -2.31. The van der Waals surface area contributed by atoms with E-state index in [2.05, 4.69) is 27.0 Å². The molecular weight excluding hydrogens is 368 g/mol. The van der Waals surface area contributed by atoms with E-state index in [0.29, 0.717) is 22.4 Å². The van der Waals surface area contributed by atoms with Gasteiger partial charge in [-0.2, -0.15) is 5.26 Å². The van der Waals surface area contributed by atoms with E-state index in [4.69, 9.17) is 0 Å². The molecule has 0 spiro atoms. The number of carbonyl (C=O) groups is 1. The van der Waals surface area contributed by atoms with Crippen molar-refractivity contribution in [3.63, 3.8) is 0 Å². The number of hydrogen-bond donors (Lipinski definition) is 1. The molecule has 0 radical (unpaired) electrons. The van der Waals surface area contributed by atoms with Gasteiger partial charge in [0.25, 0.3) is 5.91 Å². The molecule has 3 rings (SSSR count). The lowest BCUT2D eigenvalue weighted by Gasteiger charge is -2.26. The Labute approximate surface area is 168 Å². The number of nitrogens with one attached hydrogen (secondary N) is 1. The molecule has 0 bridgehead atoms. The number of hydrogen-bond acceptors (Lipinski definition) is 5. The molecule has 0 saturated heterocycles. The molecule has 3 aromatic rings. The standard InChI is InChI=1S/C22H22N4OS/c1-13-9-14(2)11-15(10-13)17(12-23)20(22(3,4)5)24-21(27)16-7-6-8-18-19(16)28-26-25-18/h6-11H,1-5H3,(H,24,27). The van der Waals surface area contributed by atoms with E-state index in [1.54, 1.807) is 12.1 Å².